The van der Waals surface area contributed by atoms with Gasteiger partial charge in [-0.05, 0) is 36.6 Å². The summed E-state index contributed by atoms with van der Waals surface area (Å²) < 4.78 is 13.2. The zero-order chi connectivity index (χ0) is 11.5. The van der Waals surface area contributed by atoms with Gasteiger partial charge in [0.2, 0.25) is 0 Å². The molecule has 0 bridgehead atoms. The molecule has 0 N–H and O–H groups in total. The largest absolute Gasteiger partial charge is 0.293 e. The van der Waals surface area contributed by atoms with Gasteiger partial charge in [-0.3, -0.25) is 4.90 Å². The summed E-state index contributed by atoms with van der Waals surface area (Å²) in [5.41, 5.74) is 3.91. The van der Waals surface area contributed by atoms with Crippen molar-refractivity contribution in [1.29, 1.82) is 0 Å². The van der Waals surface area contributed by atoms with Crippen LogP contribution in [-0.2, 0) is 6.42 Å². The van der Waals surface area contributed by atoms with Gasteiger partial charge in [0.1, 0.15) is 5.82 Å². The summed E-state index contributed by atoms with van der Waals surface area (Å²) in [4.78, 5) is 2.29. The van der Waals surface area contributed by atoms with Crippen LogP contribution >= 0.6 is 11.6 Å². The molecular weight excluding hydrogens is 225 g/mol. The highest BCUT2D eigenvalue weighted by Gasteiger charge is 2.22. The molecule has 1 heterocycles. The molecule has 0 saturated heterocycles. The van der Waals surface area contributed by atoms with E-state index in [4.69, 9.17) is 11.6 Å². The molecule has 1 atom stereocenters. The van der Waals surface area contributed by atoms with Crippen molar-refractivity contribution in [2.75, 3.05) is 13.1 Å². The third kappa shape index (κ3) is 2.28. The maximum Gasteiger partial charge on any atom is 0.123 e. The Morgan fingerprint density at radius 2 is 2.38 bits per heavy atom. The Morgan fingerprint density at radius 3 is 3.12 bits per heavy atom. The lowest BCUT2D eigenvalue weighted by Crippen LogP contribution is -2.34. The van der Waals surface area contributed by atoms with Gasteiger partial charge in [-0.25, -0.2) is 4.39 Å². The molecule has 0 saturated carbocycles. The quantitative estimate of drug-likeness (QED) is 0.764. The lowest BCUT2D eigenvalue weighted by atomic mass is 9.93. The number of hydrogen-bond donors (Lipinski definition) is 0. The zero-order valence-corrected chi connectivity index (χ0v) is 10.0. The van der Waals surface area contributed by atoms with Gasteiger partial charge in [0.15, 0.2) is 0 Å². The van der Waals surface area contributed by atoms with Crippen LogP contribution in [0.2, 0.25) is 0 Å². The minimum Gasteiger partial charge on any atom is -0.293 e. The monoisotopic (exact) mass is 239 g/mol. The van der Waals surface area contributed by atoms with Crippen molar-refractivity contribution in [1.82, 2.24) is 4.90 Å². The average Bonchev–Trinajstić information content (AvgIpc) is 2.29. The highest BCUT2D eigenvalue weighted by Crippen LogP contribution is 2.29. The number of hydrogen-bond acceptors (Lipinski definition) is 1. The minimum absolute atomic E-state index is 0.152. The van der Waals surface area contributed by atoms with E-state index in [1.54, 1.807) is 12.1 Å². The van der Waals surface area contributed by atoms with Gasteiger partial charge in [0.05, 0.1) is 0 Å². The van der Waals surface area contributed by atoms with Crippen LogP contribution in [0.4, 0.5) is 4.39 Å². The standard InChI is InChI=1S/C13H15ClFN/c1-10-13-9-12(15)4-3-11(13)5-8-16(10)7-2-6-14/h2-4,6,9-10H,5,7-8H2,1H3/b6-2+. The highest BCUT2D eigenvalue weighted by atomic mass is 35.5. The van der Waals surface area contributed by atoms with E-state index in [0.29, 0.717) is 0 Å². The number of rotatable bonds is 2. The van der Waals surface area contributed by atoms with E-state index in [1.165, 1.54) is 11.1 Å². The fourth-order valence-corrected chi connectivity index (χ4v) is 2.34. The first-order valence-corrected chi connectivity index (χ1v) is 5.93. The maximum atomic E-state index is 13.2. The topological polar surface area (TPSA) is 3.24 Å². The molecular formula is C13H15ClFN. The first kappa shape index (κ1) is 11.6. The predicted octanol–water partition coefficient (Wildman–Crippen LogP) is 3.50. The predicted molar refractivity (Wildman–Crippen MR) is 65.1 cm³/mol. The fourth-order valence-electron chi connectivity index (χ4n) is 2.26. The second-order valence-corrected chi connectivity index (χ2v) is 4.38. The first-order valence-electron chi connectivity index (χ1n) is 5.50. The molecule has 0 aliphatic carbocycles. The number of benzene rings is 1. The Balaban J connectivity index is 2.23. The van der Waals surface area contributed by atoms with E-state index in [0.717, 1.165) is 25.1 Å². The van der Waals surface area contributed by atoms with Crippen LogP contribution in [-0.4, -0.2) is 18.0 Å². The van der Waals surface area contributed by atoms with Crippen molar-refractivity contribution < 1.29 is 4.39 Å². The SMILES string of the molecule is CC1c2cc(F)ccc2CCN1C/C=C/Cl. The molecule has 1 aliphatic heterocycles. The van der Waals surface area contributed by atoms with Crippen LogP contribution < -0.4 is 0 Å². The smallest absolute Gasteiger partial charge is 0.123 e. The zero-order valence-electron chi connectivity index (χ0n) is 9.29. The summed E-state index contributed by atoms with van der Waals surface area (Å²) in [5, 5.41) is 0. The average molecular weight is 240 g/mol. The Labute approximate surface area is 101 Å². The van der Waals surface area contributed by atoms with Crippen molar-refractivity contribution in [2.24, 2.45) is 0 Å². The molecule has 2 rings (SSSR count). The molecule has 1 nitrogen and oxygen atoms in total. The van der Waals surface area contributed by atoms with Crippen LogP contribution in [0.1, 0.15) is 24.1 Å². The summed E-state index contributed by atoms with van der Waals surface area (Å²) in [5.74, 6) is -0.152. The summed E-state index contributed by atoms with van der Waals surface area (Å²) in [6.07, 6.45) is 2.90. The van der Waals surface area contributed by atoms with Crippen molar-refractivity contribution in [3.63, 3.8) is 0 Å². The van der Waals surface area contributed by atoms with Crippen molar-refractivity contribution in [3.05, 3.63) is 46.8 Å². The molecule has 1 unspecified atom stereocenters. The molecule has 1 aromatic rings. The molecule has 0 aromatic heterocycles. The van der Waals surface area contributed by atoms with Crippen molar-refractivity contribution in [2.45, 2.75) is 19.4 Å². The van der Waals surface area contributed by atoms with Crippen LogP contribution in [0, 0.1) is 5.82 Å². The summed E-state index contributed by atoms with van der Waals surface area (Å²) >= 11 is 5.53. The highest BCUT2D eigenvalue weighted by molar-refractivity contribution is 6.25. The molecule has 1 aliphatic rings. The molecule has 86 valence electrons. The molecule has 0 amide bonds. The van der Waals surface area contributed by atoms with E-state index in [9.17, 15) is 4.39 Å². The Kier molecular flexibility index (Phi) is 3.62. The Hall–Kier alpha value is -0.860. The maximum absolute atomic E-state index is 13.2. The second-order valence-electron chi connectivity index (χ2n) is 4.13. The van der Waals surface area contributed by atoms with Gasteiger partial charge in [-0.2, -0.15) is 0 Å². The molecule has 0 fully saturated rings. The summed E-state index contributed by atoms with van der Waals surface area (Å²) in [6, 6.07) is 5.35. The first-order chi connectivity index (χ1) is 7.72. The van der Waals surface area contributed by atoms with Crippen molar-refractivity contribution in [3.8, 4) is 0 Å². The van der Waals surface area contributed by atoms with Gasteiger partial charge < -0.3 is 0 Å². The van der Waals surface area contributed by atoms with Crippen LogP contribution in [0.5, 0.6) is 0 Å². The van der Waals surface area contributed by atoms with Crippen molar-refractivity contribution >= 4 is 11.6 Å². The molecule has 0 spiro atoms. The summed E-state index contributed by atoms with van der Waals surface area (Å²) in [6.45, 7) is 3.93. The van der Waals surface area contributed by atoms with E-state index >= 15 is 0 Å². The van der Waals surface area contributed by atoms with Crippen LogP contribution in [0.25, 0.3) is 0 Å². The fraction of sp³-hybridized carbons (Fsp3) is 0.385. The van der Waals surface area contributed by atoms with E-state index in [-0.39, 0.29) is 11.9 Å². The Bertz CT molecular complexity index is 403. The number of nitrogens with zero attached hydrogens (tertiary/aromatic N) is 1. The number of halogens is 2. The third-order valence-electron chi connectivity index (χ3n) is 3.20. The van der Waals surface area contributed by atoms with Gasteiger partial charge in [0.25, 0.3) is 0 Å². The van der Waals surface area contributed by atoms with E-state index in [2.05, 4.69) is 11.8 Å². The lowest BCUT2D eigenvalue weighted by Gasteiger charge is -2.34. The lowest BCUT2D eigenvalue weighted by molar-refractivity contribution is 0.220. The molecule has 16 heavy (non-hydrogen) atoms. The number of fused-ring (bicyclic) bond motifs is 1. The van der Waals surface area contributed by atoms with Gasteiger partial charge in [0, 0.05) is 24.7 Å². The normalized spacial score (nSPS) is 21.3. The summed E-state index contributed by atoms with van der Waals surface area (Å²) in [7, 11) is 0. The second kappa shape index (κ2) is 4.98. The van der Waals surface area contributed by atoms with Gasteiger partial charge in [-0.15, -0.1) is 0 Å². The third-order valence-corrected chi connectivity index (χ3v) is 3.38. The molecule has 0 radical (unpaired) electrons. The molecule has 1 aromatic carbocycles. The van der Waals surface area contributed by atoms with E-state index in [1.807, 2.05) is 12.1 Å². The molecule has 3 heteroatoms. The van der Waals surface area contributed by atoms with Gasteiger partial charge in [-0.1, -0.05) is 23.7 Å². The van der Waals surface area contributed by atoms with Gasteiger partial charge >= 0.3 is 0 Å². The van der Waals surface area contributed by atoms with Crippen LogP contribution in [0.3, 0.4) is 0 Å². The van der Waals surface area contributed by atoms with E-state index < -0.39 is 0 Å². The van der Waals surface area contributed by atoms with Crippen LogP contribution in [0.15, 0.2) is 29.8 Å². The Morgan fingerprint density at radius 1 is 1.56 bits per heavy atom. The minimum atomic E-state index is -0.152.